The zero-order chi connectivity index (χ0) is 12.3. The molecule has 0 aliphatic heterocycles. The fourth-order valence-corrected chi connectivity index (χ4v) is 1.33. The Labute approximate surface area is 89.3 Å². The van der Waals surface area contributed by atoms with Crippen molar-refractivity contribution < 1.29 is 22.0 Å². The van der Waals surface area contributed by atoms with Gasteiger partial charge in [0.25, 0.3) is 6.43 Å². The van der Waals surface area contributed by atoms with Crippen molar-refractivity contribution in [3.05, 3.63) is 35.1 Å². The van der Waals surface area contributed by atoms with Gasteiger partial charge >= 0.3 is 0 Å². The van der Waals surface area contributed by atoms with Gasteiger partial charge in [-0.15, -0.1) is 0 Å². The molecule has 90 valence electrons. The second-order valence-electron chi connectivity index (χ2n) is 3.17. The fraction of sp³-hybridized carbons (Fsp3) is 0.400. The van der Waals surface area contributed by atoms with E-state index in [1.165, 1.54) is 0 Å². The van der Waals surface area contributed by atoms with E-state index in [0.29, 0.717) is 12.1 Å². The Bertz CT molecular complexity index is 343. The van der Waals surface area contributed by atoms with Crippen LogP contribution in [0, 0.1) is 17.5 Å². The first kappa shape index (κ1) is 12.9. The highest BCUT2D eigenvalue weighted by molar-refractivity contribution is 5.23. The zero-order valence-electron chi connectivity index (χ0n) is 8.41. The highest BCUT2D eigenvalue weighted by Crippen LogP contribution is 2.24. The Morgan fingerprint density at radius 1 is 1.12 bits per heavy atom. The number of hydrogen-bond donors (Lipinski definition) is 1. The number of rotatable bonds is 4. The van der Waals surface area contributed by atoms with Crippen LogP contribution >= 0.6 is 0 Å². The number of benzene rings is 1. The van der Waals surface area contributed by atoms with Crippen molar-refractivity contribution in [1.82, 2.24) is 5.32 Å². The van der Waals surface area contributed by atoms with Crippen molar-refractivity contribution in [1.29, 1.82) is 0 Å². The van der Waals surface area contributed by atoms with Gasteiger partial charge < -0.3 is 5.32 Å². The van der Waals surface area contributed by atoms with Gasteiger partial charge in [-0.25, -0.2) is 22.0 Å². The monoisotopic (exact) mass is 239 g/mol. The molecule has 0 saturated carbocycles. The second kappa shape index (κ2) is 5.25. The number of halogens is 5. The summed E-state index contributed by atoms with van der Waals surface area (Å²) in [5, 5.41) is 2.37. The first-order chi connectivity index (χ1) is 7.47. The summed E-state index contributed by atoms with van der Waals surface area (Å²) < 4.78 is 63.3. The van der Waals surface area contributed by atoms with Crippen LogP contribution in [0.1, 0.15) is 18.5 Å². The van der Waals surface area contributed by atoms with Gasteiger partial charge in [0, 0.05) is 0 Å². The van der Waals surface area contributed by atoms with E-state index in [0.717, 1.165) is 0 Å². The molecule has 0 saturated heterocycles. The maximum Gasteiger partial charge on any atom is 0.257 e. The van der Waals surface area contributed by atoms with E-state index in [4.69, 9.17) is 0 Å². The molecular formula is C10H10F5N. The summed E-state index contributed by atoms with van der Waals surface area (Å²) in [7, 11) is 0. The third-order valence-electron chi connectivity index (χ3n) is 2.04. The largest absolute Gasteiger partial charge is 0.305 e. The van der Waals surface area contributed by atoms with Crippen molar-refractivity contribution >= 4 is 0 Å². The van der Waals surface area contributed by atoms with E-state index in [-0.39, 0.29) is 12.1 Å². The molecule has 1 atom stereocenters. The number of alkyl halides is 2. The fourth-order valence-electron chi connectivity index (χ4n) is 1.33. The zero-order valence-corrected chi connectivity index (χ0v) is 8.41. The molecule has 1 aromatic rings. The van der Waals surface area contributed by atoms with Gasteiger partial charge in [-0.1, -0.05) is 6.92 Å². The molecule has 1 nitrogen and oxygen atoms in total. The van der Waals surface area contributed by atoms with E-state index in [1.807, 2.05) is 0 Å². The lowest BCUT2D eigenvalue weighted by Crippen LogP contribution is -2.27. The smallest absolute Gasteiger partial charge is 0.257 e. The quantitative estimate of drug-likeness (QED) is 0.629. The van der Waals surface area contributed by atoms with E-state index >= 15 is 0 Å². The van der Waals surface area contributed by atoms with Crippen LogP contribution < -0.4 is 5.32 Å². The second-order valence-corrected chi connectivity index (χ2v) is 3.17. The molecule has 1 rings (SSSR count). The van der Waals surface area contributed by atoms with Gasteiger partial charge in [-0.3, -0.25) is 0 Å². The molecule has 0 aromatic heterocycles. The molecule has 0 aliphatic carbocycles. The molecule has 1 N–H and O–H groups in total. The van der Waals surface area contributed by atoms with Crippen LogP contribution in [0.2, 0.25) is 0 Å². The minimum Gasteiger partial charge on any atom is -0.305 e. The Hall–Kier alpha value is -1.17. The van der Waals surface area contributed by atoms with Crippen molar-refractivity contribution in [2.45, 2.75) is 19.4 Å². The summed E-state index contributed by atoms with van der Waals surface area (Å²) >= 11 is 0. The molecule has 16 heavy (non-hydrogen) atoms. The van der Waals surface area contributed by atoms with Gasteiger partial charge in [0.2, 0.25) is 0 Å². The Kier molecular flexibility index (Phi) is 4.23. The maximum absolute atomic E-state index is 12.8. The van der Waals surface area contributed by atoms with E-state index in [9.17, 15) is 22.0 Å². The first-order valence-electron chi connectivity index (χ1n) is 4.63. The van der Waals surface area contributed by atoms with Crippen LogP contribution in [0.15, 0.2) is 12.1 Å². The molecule has 6 heteroatoms. The summed E-state index contributed by atoms with van der Waals surface area (Å²) in [6, 6.07) is -0.370. The Morgan fingerprint density at radius 3 is 2.00 bits per heavy atom. The lowest BCUT2D eigenvalue weighted by atomic mass is 10.1. The highest BCUT2D eigenvalue weighted by atomic mass is 19.3. The van der Waals surface area contributed by atoms with Gasteiger partial charge in [0.05, 0.1) is 6.04 Å². The third kappa shape index (κ3) is 2.69. The van der Waals surface area contributed by atoms with Crippen molar-refractivity contribution in [3.63, 3.8) is 0 Å². The SMILES string of the molecule is CCNC(c1cc(F)c(F)c(F)c1)C(F)F. The Balaban J connectivity index is 3.10. The van der Waals surface area contributed by atoms with Crippen LogP contribution in [-0.4, -0.2) is 13.0 Å². The van der Waals surface area contributed by atoms with Crippen molar-refractivity contribution in [3.8, 4) is 0 Å². The molecule has 0 aliphatic rings. The Morgan fingerprint density at radius 2 is 1.62 bits per heavy atom. The molecule has 0 fully saturated rings. The van der Waals surface area contributed by atoms with E-state index in [1.54, 1.807) is 6.92 Å². The van der Waals surface area contributed by atoms with E-state index < -0.39 is 29.9 Å². The molecule has 0 spiro atoms. The summed E-state index contributed by atoms with van der Waals surface area (Å²) in [6.07, 6.45) is -2.83. The van der Waals surface area contributed by atoms with Crippen LogP contribution in [-0.2, 0) is 0 Å². The maximum atomic E-state index is 12.8. The molecule has 0 heterocycles. The molecular weight excluding hydrogens is 229 g/mol. The van der Waals surface area contributed by atoms with Gasteiger partial charge in [0.15, 0.2) is 17.5 Å². The number of nitrogens with one attached hydrogen (secondary N) is 1. The summed E-state index contributed by atoms with van der Waals surface area (Å²) in [4.78, 5) is 0. The van der Waals surface area contributed by atoms with Crippen LogP contribution in [0.3, 0.4) is 0 Å². The molecule has 0 amide bonds. The summed E-state index contributed by atoms with van der Waals surface area (Å²) in [5.41, 5.74) is -0.312. The van der Waals surface area contributed by atoms with Crippen LogP contribution in [0.25, 0.3) is 0 Å². The third-order valence-corrected chi connectivity index (χ3v) is 2.04. The minimum absolute atomic E-state index is 0.204. The van der Waals surface area contributed by atoms with Gasteiger partial charge in [-0.05, 0) is 24.2 Å². The average Bonchev–Trinajstić information content (AvgIpc) is 2.21. The number of hydrogen-bond acceptors (Lipinski definition) is 1. The normalized spacial score (nSPS) is 13.2. The van der Waals surface area contributed by atoms with Crippen molar-refractivity contribution in [2.24, 2.45) is 0 Å². The molecule has 1 aromatic carbocycles. The topological polar surface area (TPSA) is 12.0 Å². The van der Waals surface area contributed by atoms with E-state index in [2.05, 4.69) is 5.32 Å². The lowest BCUT2D eigenvalue weighted by molar-refractivity contribution is 0.0989. The molecule has 0 radical (unpaired) electrons. The predicted octanol–water partition coefficient (Wildman–Crippen LogP) is 3.02. The van der Waals surface area contributed by atoms with Crippen LogP contribution in [0.4, 0.5) is 22.0 Å². The van der Waals surface area contributed by atoms with Crippen molar-refractivity contribution in [2.75, 3.05) is 6.54 Å². The van der Waals surface area contributed by atoms with Crippen LogP contribution in [0.5, 0.6) is 0 Å². The summed E-state index contributed by atoms with van der Waals surface area (Å²) in [6.45, 7) is 1.78. The molecule has 1 unspecified atom stereocenters. The molecule has 0 bridgehead atoms. The predicted molar refractivity (Wildman–Crippen MR) is 48.7 cm³/mol. The summed E-state index contributed by atoms with van der Waals surface area (Å²) in [5.74, 6) is -4.61. The lowest BCUT2D eigenvalue weighted by Gasteiger charge is -2.17. The highest BCUT2D eigenvalue weighted by Gasteiger charge is 2.24. The minimum atomic E-state index is -2.83. The average molecular weight is 239 g/mol. The first-order valence-corrected chi connectivity index (χ1v) is 4.63. The standard InChI is InChI=1S/C10H10F5N/c1-2-16-9(10(14)15)5-3-6(11)8(13)7(12)4-5/h3-4,9-10,16H,2H2,1H3. The van der Waals surface area contributed by atoms with Gasteiger partial charge in [-0.2, -0.15) is 0 Å². The van der Waals surface area contributed by atoms with Gasteiger partial charge in [0.1, 0.15) is 0 Å².